The van der Waals surface area contributed by atoms with Gasteiger partial charge in [0, 0.05) is 6.07 Å². The molecule has 7 nitrogen and oxygen atoms in total. The molecule has 0 unspecified atom stereocenters. The Kier molecular flexibility index (Phi) is 4.15. The molecule has 5 N–H and O–H groups in total. The summed E-state index contributed by atoms with van der Waals surface area (Å²) in [7, 11) is 0. The molecule has 1 rings (SSSR count). The van der Waals surface area contributed by atoms with E-state index in [-0.39, 0.29) is 30.2 Å². The number of amides is 2. The van der Waals surface area contributed by atoms with Crippen molar-refractivity contribution in [1.29, 1.82) is 0 Å². The summed E-state index contributed by atoms with van der Waals surface area (Å²) in [6.45, 7) is 0.0159. The number of rotatable bonds is 4. The Morgan fingerprint density at radius 3 is 2.65 bits per heavy atom. The molecular weight excluding hydrogens is 228 g/mol. The smallest absolute Gasteiger partial charge is 0.404 e. The zero-order valence-corrected chi connectivity index (χ0v) is 8.84. The van der Waals surface area contributed by atoms with E-state index in [0.717, 1.165) is 6.07 Å². The van der Waals surface area contributed by atoms with Crippen LogP contribution in [-0.4, -0.2) is 35.4 Å². The SMILES string of the molecule is NC(=O)OCCNC(=O)c1ccc(O)cc1O. The molecule has 0 bridgehead atoms. The van der Waals surface area contributed by atoms with Crippen molar-refractivity contribution in [2.75, 3.05) is 13.2 Å². The third-order valence-electron chi connectivity index (χ3n) is 1.86. The quantitative estimate of drug-likeness (QED) is 0.548. The minimum atomic E-state index is -0.924. The number of aromatic hydroxyl groups is 2. The van der Waals surface area contributed by atoms with Gasteiger partial charge in [-0.05, 0) is 12.1 Å². The largest absolute Gasteiger partial charge is 0.508 e. The summed E-state index contributed by atoms with van der Waals surface area (Å²) in [4.78, 5) is 21.7. The van der Waals surface area contributed by atoms with Crippen LogP contribution in [0.5, 0.6) is 11.5 Å². The summed E-state index contributed by atoms with van der Waals surface area (Å²) in [5, 5.41) is 20.8. The van der Waals surface area contributed by atoms with Crippen LogP contribution >= 0.6 is 0 Å². The zero-order chi connectivity index (χ0) is 12.8. The Morgan fingerprint density at radius 2 is 2.06 bits per heavy atom. The average molecular weight is 240 g/mol. The lowest BCUT2D eigenvalue weighted by molar-refractivity contribution is 0.0934. The van der Waals surface area contributed by atoms with Gasteiger partial charge in [0.2, 0.25) is 0 Å². The molecule has 0 spiro atoms. The molecular formula is C10H12N2O5. The maximum absolute atomic E-state index is 11.5. The summed E-state index contributed by atoms with van der Waals surface area (Å²) < 4.78 is 4.40. The first-order valence-electron chi connectivity index (χ1n) is 4.73. The number of nitrogens with two attached hydrogens (primary N) is 1. The van der Waals surface area contributed by atoms with Crippen LogP contribution in [0, 0.1) is 0 Å². The standard InChI is InChI=1S/C10H12N2O5/c11-10(16)17-4-3-12-9(15)7-2-1-6(13)5-8(7)14/h1-2,5,13-14H,3-4H2,(H2,11,16)(H,12,15). The van der Waals surface area contributed by atoms with Crippen LogP contribution in [0.4, 0.5) is 4.79 Å². The van der Waals surface area contributed by atoms with E-state index < -0.39 is 12.0 Å². The van der Waals surface area contributed by atoms with E-state index in [2.05, 4.69) is 10.1 Å². The van der Waals surface area contributed by atoms with Crippen LogP contribution in [0.25, 0.3) is 0 Å². The number of primary amides is 1. The zero-order valence-electron chi connectivity index (χ0n) is 8.84. The molecule has 0 saturated carbocycles. The molecule has 0 heterocycles. The fourth-order valence-electron chi connectivity index (χ4n) is 1.12. The van der Waals surface area contributed by atoms with Gasteiger partial charge < -0.3 is 26.0 Å². The van der Waals surface area contributed by atoms with E-state index in [1.807, 2.05) is 0 Å². The minimum Gasteiger partial charge on any atom is -0.508 e. The lowest BCUT2D eigenvalue weighted by Crippen LogP contribution is -2.29. The molecule has 0 atom stereocenters. The summed E-state index contributed by atoms with van der Waals surface area (Å²) in [6.07, 6.45) is -0.924. The second-order valence-electron chi connectivity index (χ2n) is 3.12. The van der Waals surface area contributed by atoms with Crippen molar-refractivity contribution in [3.63, 3.8) is 0 Å². The molecule has 1 aromatic carbocycles. The van der Waals surface area contributed by atoms with Crippen molar-refractivity contribution < 1.29 is 24.5 Å². The third kappa shape index (κ3) is 3.90. The molecule has 2 amide bonds. The molecule has 0 aromatic heterocycles. The van der Waals surface area contributed by atoms with Gasteiger partial charge in [0.05, 0.1) is 12.1 Å². The number of benzene rings is 1. The molecule has 0 aliphatic heterocycles. The van der Waals surface area contributed by atoms with E-state index in [1.54, 1.807) is 0 Å². The van der Waals surface area contributed by atoms with Crippen molar-refractivity contribution in [1.82, 2.24) is 5.32 Å². The molecule has 1 aromatic rings. The van der Waals surface area contributed by atoms with E-state index in [1.165, 1.54) is 12.1 Å². The monoisotopic (exact) mass is 240 g/mol. The highest BCUT2D eigenvalue weighted by atomic mass is 16.5. The molecule has 0 aliphatic carbocycles. The number of ether oxygens (including phenoxy) is 1. The average Bonchev–Trinajstić information content (AvgIpc) is 2.23. The molecule has 0 radical (unpaired) electrons. The number of hydrogen-bond acceptors (Lipinski definition) is 5. The molecule has 92 valence electrons. The van der Waals surface area contributed by atoms with Gasteiger partial charge in [-0.3, -0.25) is 4.79 Å². The highest BCUT2D eigenvalue weighted by molar-refractivity contribution is 5.96. The third-order valence-corrected chi connectivity index (χ3v) is 1.86. The molecule has 17 heavy (non-hydrogen) atoms. The summed E-state index contributed by atoms with van der Waals surface area (Å²) >= 11 is 0. The van der Waals surface area contributed by atoms with Crippen molar-refractivity contribution in [3.8, 4) is 11.5 Å². The van der Waals surface area contributed by atoms with Crippen LogP contribution in [0.2, 0.25) is 0 Å². The number of carbonyl (C=O) groups excluding carboxylic acids is 2. The first-order valence-corrected chi connectivity index (χ1v) is 4.73. The summed E-state index contributed by atoms with van der Waals surface area (Å²) in [5.74, 6) is -1.02. The van der Waals surface area contributed by atoms with Gasteiger partial charge in [-0.15, -0.1) is 0 Å². The number of carbonyl (C=O) groups is 2. The lowest BCUT2D eigenvalue weighted by atomic mass is 10.2. The lowest BCUT2D eigenvalue weighted by Gasteiger charge is -2.06. The van der Waals surface area contributed by atoms with Crippen molar-refractivity contribution in [2.24, 2.45) is 5.73 Å². The second kappa shape index (κ2) is 5.59. The van der Waals surface area contributed by atoms with E-state index >= 15 is 0 Å². The van der Waals surface area contributed by atoms with Gasteiger partial charge in [0.1, 0.15) is 18.1 Å². The Hall–Kier alpha value is -2.44. The number of nitrogens with one attached hydrogen (secondary N) is 1. The normalized spacial score (nSPS) is 9.65. The van der Waals surface area contributed by atoms with Crippen LogP contribution in [0.15, 0.2) is 18.2 Å². The fourth-order valence-corrected chi connectivity index (χ4v) is 1.12. The highest BCUT2D eigenvalue weighted by Gasteiger charge is 2.10. The van der Waals surface area contributed by atoms with Crippen LogP contribution in [0.3, 0.4) is 0 Å². The van der Waals surface area contributed by atoms with Crippen molar-refractivity contribution in [2.45, 2.75) is 0 Å². The topological polar surface area (TPSA) is 122 Å². The first kappa shape index (κ1) is 12.6. The maximum atomic E-state index is 11.5. The highest BCUT2D eigenvalue weighted by Crippen LogP contribution is 2.22. The first-order chi connectivity index (χ1) is 8.00. The maximum Gasteiger partial charge on any atom is 0.404 e. The van der Waals surface area contributed by atoms with Crippen molar-refractivity contribution in [3.05, 3.63) is 23.8 Å². The second-order valence-corrected chi connectivity index (χ2v) is 3.12. The summed E-state index contributed by atoms with van der Waals surface area (Å²) in [5.41, 5.74) is 4.74. The summed E-state index contributed by atoms with van der Waals surface area (Å²) in [6, 6.07) is 3.60. The van der Waals surface area contributed by atoms with Gasteiger partial charge in [0.15, 0.2) is 0 Å². The Labute approximate surface area is 96.8 Å². The number of hydrogen-bond donors (Lipinski definition) is 4. The van der Waals surface area contributed by atoms with Crippen LogP contribution in [0.1, 0.15) is 10.4 Å². The van der Waals surface area contributed by atoms with Gasteiger partial charge in [-0.25, -0.2) is 4.79 Å². The van der Waals surface area contributed by atoms with Crippen molar-refractivity contribution >= 4 is 12.0 Å². The molecule has 0 fully saturated rings. The minimum absolute atomic E-state index is 0.0156. The Morgan fingerprint density at radius 1 is 1.35 bits per heavy atom. The van der Waals surface area contributed by atoms with Crippen LogP contribution < -0.4 is 11.1 Å². The van der Waals surface area contributed by atoms with E-state index in [0.29, 0.717) is 0 Å². The molecule has 0 saturated heterocycles. The molecule has 0 aliphatic rings. The van der Waals surface area contributed by atoms with E-state index in [9.17, 15) is 14.7 Å². The van der Waals surface area contributed by atoms with Gasteiger partial charge >= 0.3 is 6.09 Å². The van der Waals surface area contributed by atoms with Gasteiger partial charge in [-0.1, -0.05) is 0 Å². The van der Waals surface area contributed by atoms with Crippen LogP contribution in [-0.2, 0) is 4.74 Å². The van der Waals surface area contributed by atoms with Gasteiger partial charge in [-0.2, -0.15) is 0 Å². The fraction of sp³-hybridized carbons (Fsp3) is 0.200. The van der Waals surface area contributed by atoms with E-state index in [4.69, 9.17) is 10.8 Å². The molecule has 7 heteroatoms. The van der Waals surface area contributed by atoms with Gasteiger partial charge in [0.25, 0.3) is 5.91 Å². The predicted octanol–water partition coefficient (Wildman–Crippen LogP) is -0.0771. The Bertz CT molecular complexity index is 433. The number of phenolic OH excluding ortho intramolecular Hbond substituents is 2. The predicted molar refractivity (Wildman–Crippen MR) is 57.6 cm³/mol. The Balaban J connectivity index is 2.50. The number of phenols is 2.